The van der Waals surface area contributed by atoms with Crippen LogP contribution in [0.25, 0.3) is 0 Å². The second-order valence-corrected chi connectivity index (χ2v) is 0.865. The average Bonchev–Trinajstić information content (AvgIpc) is 1.61. The lowest BCUT2D eigenvalue weighted by atomic mass is 10.7. The van der Waals surface area contributed by atoms with Crippen molar-refractivity contribution >= 4 is 0 Å². The Morgan fingerprint density at radius 3 is 2.43 bits per heavy atom. The smallest absolute Gasteiger partial charge is 0.268 e. The van der Waals surface area contributed by atoms with E-state index in [4.69, 9.17) is 0 Å². The molecule has 0 aromatic carbocycles. The van der Waals surface area contributed by atoms with Crippen LogP contribution in [0.1, 0.15) is 0 Å². The third-order valence-electron chi connectivity index (χ3n) is 0.355. The molecule has 1 nitrogen and oxygen atoms in total. The van der Waals surface area contributed by atoms with Crippen LogP contribution in [0.15, 0.2) is 12.2 Å². The maximum atomic E-state index is 11.0. The summed E-state index contributed by atoms with van der Waals surface area (Å²) >= 11 is 0. The van der Waals surface area contributed by atoms with Crippen LogP contribution in [0.3, 0.4) is 0 Å². The Hall–Kier alpha value is -0.440. The number of rotatable bonds is 2. The molecule has 0 aliphatic heterocycles. The molecule has 0 fully saturated rings. The largest absolute Gasteiger partial charge is 0.375 e. The Bertz CT molecular complexity index is 66.1. The first-order valence-corrected chi connectivity index (χ1v) is 1.65. The van der Waals surface area contributed by atoms with Crippen molar-refractivity contribution in [2.75, 3.05) is 6.61 Å². The zero-order valence-corrected chi connectivity index (χ0v) is 3.66. The van der Waals surface area contributed by atoms with Gasteiger partial charge in [-0.25, -0.2) is 0 Å². The summed E-state index contributed by atoms with van der Waals surface area (Å²) in [6, 6.07) is 0. The molecule has 0 aliphatic rings. The predicted octanol–water partition coefficient (Wildman–Crippen LogP) is 1.57. The molecule has 0 heterocycles. The molecule has 3 heteroatoms. The Labute approximate surface area is 40.6 Å². The van der Waals surface area contributed by atoms with E-state index in [0.29, 0.717) is 6.08 Å². The molecule has 0 aromatic heterocycles. The molecule has 41 valence electrons. The van der Waals surface area contributed by atoms with Crippen molar-refractivity contribution in [3.63, 3.8) is 0 Å². The van der Waals surface area contributed by atoms with E-state index in [1.165, 1.54) is 0 Å². The highest BCUT2D eigenvalue weighted by Crippen LogP contribution is 1.94. The fourth-order valence-corrected chi connectivity index (χ4v) is 0.122. The van der Waals surface area contributed by atoms with E-state index in [1.807, 2.05) is 0 Å². The number of ether oxygens (including phenoxy) is 1. The Morgan fingerprint density at radius 1 is 1.71 bits per heavy atom. The number of hydrogen-bond donors (Lipinski definition) is 0. The van der Waals surface area contributed by atoms with Crippen molar-refractivity contribution in [1.29, 1.82) is 0 Å². The van der Waals surface area contributed by atoms with Gasteiger partial charge >= 0.3 is 0 Å². The second kappa shape index (κ2) is 3.74. The van der Waals surface area contributed by atoms with Crippen LogP contribution in [0.4, 0.5) is 8.78 Å². The highest BCUT2D eigenvalue weighted by molar-refractivity contribution is 4.79. The van der Waals surface area contributed by atoms with Crippen molar-refractivity contribution in [2.24, 2.45) is 0 Å². The van der Waals surface area contributed by atoms with Crippen LogP contribution in [0, 0.1) is 7.11 Å². The highest BCUT2D eigenvalue weighted by atomic mass is 19.3. The van der Waals surface area contributed by atoms with Gasteiger partial charge in [0, 0.05) is 6.08 Å². The Morgan fingerprint density at radius 2 is 2.29 bits per heavy atom. The monoisotopic (exact) mass is 107 g/mol. The lowest BCUT2D eigenvalue weighted by molar-refractivity contribution is 0.273. The predicted molar refractivity (Wildman–Crippen MR) is 21.6 cm³/mol. The van der Waals surface area contributed by atoms with Crippen LogP contribution < -0.4 is 0 Å². The lowest BCUT2D eigenvalue weighted by Gasteiger charge is -1.82. The summed E-state index contributed by atoms with van der Waals surface area (Å²) in [5.74, 6) is 0. The van der Waals surface area contributed by atoms with Crippen molar-refractivity contribution < 1.29 is 13.5 Å². The second-order valence-electron chi connectivity index (χ2n) is 0.865. The molecule has 0 spiro atoms. The van der Waals surface area contributed by atoms with E-state index in [9.17, 15) is 8.78 Å². The molecule has 0 atom stereocenters. The van der Waals surface area contributed by atoms with Gasteiger partial charge in [0.15, 0.2) is 0 Å². The molecule has 0 aromatic rings. The van der Waals surface area contributed by atoms with Crippen molar-refractivity contribution in [1.82, 2.24) is 0 Å². The van der Waals surface area contributed by atoms with Crippen molar-refractivity contribution in [3.05, 3.63) is 19.3 Å². The molecule has 0 unspecified atom stereocenters. The zero-order valence-electron chi connectivity index (χ0n) is 3.66. The van der Waals surface area contributed by atoms with E-state index in [0.717, 1.165) is 0 Å². The summed E-state index contributed by atoms with van der Waals surface area (Å²) in [5, 5.41) is 0. The third kappa shape index (κ3) is 5.56. The first kappa shape index (κ1) is 6.56. The van der Waals surface area contributed by atoms with Crippen LogP contribution >= 0.6 is 0 Å². The molecular formula is C4H5F2O. The molecule has 0 saturated heterocycles. The van der Waals surface area contributed by atoms with E-state index in [1.54, 1.807) is 0 Å². The van der Waals surface area contributed by atoms with Gasteiger partial charge in [0.25, 0.3) is 6.08 Å². The van der Waals surface area contributed by atoms with Gasteiger partial charge < -0.3 is 4.74 Å². The molecular weight excluding hydrogens is 102 g/mol. The molecule has 7 heavy (non-hydrogen) atoms. The molecule has 0 bridgehead atoms. The van der Waals surface area contributed by atoms with Gasteiger partial charge in [-0.15, -0.1) is 0 Å². The van der Waals surface area contributed by atoms with E-state index < -0.39 is 6.08 Å². The van der Waals surface area contributed by atoms with Gasteiger partial charge in [-0.3, -0.25) is 0 Å². The zero-order chi connectivity index (χ0) is 5.70. The summed E-state index contributed by atoms with van der Waals surface area (Å²) in [4.78, 5) is 0. The minimum Gasteiger partial charge on any atom is -0.375 e. The molecule has 0 saturated carbocycles. The maximum absolute atomic E-state index is 11.0. The van der Waals surface area contributed by atoms with Gasteiger partial charge in [0.1, 0.15) is 0 Å². The first-order chi connectivity index (χ1) is 3.27. The fourth-order valence-electron chi connectivity index (χ4n) is 0.122. The number of hydrogen-bond acceptors (Lipinski definition) is 1. The van der Waals surface area contributed by atoms with Crippen LogP contribution in [-0.4, -0.2) is 6.61 Å². The summed E-state index contributed by atoms with van der Waals surface area (Å²) in [6.45, 7) is -0.123. The minimum absolute atomic E-state index is 0.123. The molecule has 0 rings (SSSR count). The number of halogens is 2. The molecule has 0 N–H and O–H groups in total. The quantitative estimate of drug-likeness (QED) is 0.520. The Kier molecular flexibility index (Phi) is 3.50. The van der Waals surface area contributed by atoms with Crippen LogP contribution in [-0.2, 0) is 4.74 Å². The maximum Gasteiger partial charge on any atom is 0.268 e. The molecule has 0 amide bonds. The van der Waals surface area contributed by atoms with Gasteiger partial charge in [-0.1, -0.05) is 0 Å². The van der Waals surface area contributed by atoms with Gasteiger partial charge in [-0.05, 0) is 0 Å². The lowest BCUT2D eigenvalue weighted by Crippen LogP contribution is -1.77. The minimum atomic E-state index is -1.73. The summed E-state index contributed by atoms with van der Waals surface area (Å²) in [5.41, 5.74) is 0. The summed E-state index contributed by atoms with van der Waals surface area (Å²) in [7, 11) is 2.88. The van der Waals surface area contributed by atoms with E-state index in [-0.39, 0.29) is 6.61 Å². The normalized spacial score (nSPS) is 8.43. The van der Waals surface area contributed by atoms with Crippen LogP contribution in [0.2, 0.25) is 0 Å². The Balaban J connectivity index is 3.08. The SMILES string of the molecule is [CH2]OCC=C(F)F. The van der Waals surface area contributed by atoms with Gasteiger partial charge in [-0.2, -0.15) is 8.78 Å². The standard InChI is InChI=1S/C4H5F2O/c1-7-3-2-4(5)6/h2H,1,3H2. The fraction of sp³-hybridized carbons (Fsp3) is 0.250. The molecule has 0 aliphatic carbocycles. The first-order valence-electron chi connectivity index (χ1n) is 1.65. The van der Waals surface area contributed by atoms with E-state index >= 15 is 0 Å². The van der Waals surface area contributed by atoms with Crippen LogP contribution in [0.5, 0.6) is 0 Å². The summed E-state index contributed by atoms with van der Waals surface area (Å²) in [6.07, 6.45) is -1.09. The highest BCUT2D eigenvalue weighted by Gasteiger charge is 1.82. The topological polar surface area (TPSA) is 9.23 Å². The van der Waals surface area contributed by atoms with Gasteiger partial charge in [0.05, 0.1) is 13.7 Å². The van der Waals surface area contributed by atoms with Crippen molar-refractivity contribution in [3.8, 4) is 0 Å². The average molecular weight is 107 g/mol. The van der Waals surface area contributed by atoms with Gasteiger partial charge in [0.2, 0.25) is 0 Å². The van der Waals surface area contributed by atoms with E-state index in [2.05, 4.69) is 11.8 Å². The summed E-state index contributed by atoms with van der Waals surface area (Å²) < 4.78 is 26.0. The third-order valence-corrected chi connectivity index (χ3v) is 0.355. The molecule has 1 radical (unpaired) electrons. The van der Waals surface area contributed by atoms with Crippen molar-refractivity contribution in [2.45, 2.75) is 0 Å².